The number of hydrogen-bond acceptors (Lipinski definition) is 6. The van der Waals surface area contributed by atoms with Crippen molar-refractivity contribution in [1.29, 1.82) is 0 Å². The molecule has 0 atom stereocenters. The van der Waals surface area contributed by atoms with Crippen molar-refractivity contribution in [3.8, 4) is 5.75 Å². The molecule has 2 heterocycles. The van der Waals surface area contributed by atoms with Crippen molar-refractivity contribution in [1.82, 2.24) is 14.5 Å². The third-order valence-corrected chi connectivity index (χ3v) is 5.10. The highest BCUT2D eigenvalue weighted by Gasteiger charge is 2.19. The molecule has 6 nitrogen and oxygen atoms in total. The van der Waals surface area contributed by atoms with E-state index < -0.39 is 6.55 Å². The van der Waals surface area contributed by atoms with E-state index in [9.17, 15) is 8.78 Å². The number of alkyl halides is 2. The quantitative estimate of drug-likeness (QED) is 0.278. The van der Waals surface area contributed by atoms with Crippen molar-refractivity contribution in [3.05, 3.63) is 76.5 Å². The Morgan fingerprint density at radius 2 is 1.83 bits per heavy atom. The van der Waals surface area contributed by atoms with Crippen LogP contribution in [0, 0.1) is 0 Å². The Balaban J connectivity index is 1.40. The molecule has 0 amide bonds. The Morgan fingerprint density at radius 1 is 1.07 bits per heavy atom. The van der Waals surface area contributed by atoms with E-state index >= 15 is 0 Å². The van der Waals surface area contributed by atoms with Gasteiger partial charge in [-0.05, 0) is 31.2 Å². The third kappa shape index (κ3) is 4.46. The van der Waals surface area contributed by atoms with E-state index in [1.54, 1.807) is 31.2 Å². The molecule has 0 aliphatic rings. The van der Waals surface area contributed by atoms with Crippen LogP contribution in [0.25, 0.3) is 11.0 Å². The highest BCUT2D eigenvalue weighted by atomic mass is 32.1. The first kappa shape index (κ1) is 20.0. The minimum absolute atomic E-state index is 0.0708. The zero-order valence-corrected chi connectivity index (χ0v) is 16.9. The van der Waals surface area contributed by atoms with Gasteiger partial charge in [0.2, 0.25) is 0 Å². The van der Waals surface area contributed by atoms with Gasteiger partial charge in [-0.2, -0.15) is 8.78 Å². The fraction of sp³-hybridized carbons (Fsp3) is 0.190. The molecule has 4 rings (SSSR count). The lowest BCUT2D eigenvalue weighted by molar-refractivity contribution is 0.0735. The maximum atomic E-state index is 13.5. The highest BCUT2D eigenvalue weighted by molar-refractivity contribution is 7.09. The normalized spacial score (nSPS) is 11.9. The Morgan fingerprint density at radius 3 is 2.63 bits per heavy atom. The van der Waals surface area contributed by atoms with Crippen molar-refractivity contribution in [2.45, 2.75) is 26.7 Å². The Labute approximate surface area is 175 Å². The molecule has 9 heteroatoms. The summed E-state index contributed by atoms with van der Waals surface area (Å²) in [4.78, 5) is 14.0. The van der Waals surface area contributed by atoms with Crippen LogP contribution in [-0.4, -0.2) is 20.2 Å². The van der Waals surface area contributed by atoms with Crippen molar-refractivity contribution in [2.24, 2.45) is 5.16 Å². The van der Waals surface area contributed by atoms with E-state index in [1.165, 1.54) is 11.3 Å². The molecule has 0 spiro atoms. The molecule has 2 aromatic carbocycles. The number of fused-ring (bicyclic) bond motifs is 1. The summed E-state index contributed by atoms with van der Waals surface area (Å²) in [6, 6.07) is 16.2. The van der Waals surface area contributed by atoms with Gasteiger partial charge in [0.25, 0.3) is 0 Å². The summed E-state index contributed by atoms with van der Waals surface area (Å²) >= 11 is 1.45. The largest absolute Gasteiger partial charge is 0.486 e. The average Bonchev–Trinajstić information content (AvgIpc) is 3.37. The van der Waals surface area contributed by atoms with E-state index in [0.717, 1.165) is 15.3 Å². The van der Waals surface area contributed by atoms with E-state index in [0.29, 0.717) is 23.3 Å². The summed E-state index contributed by atoms with van der Waals surface area (Å²) in [5.41, 5.74) is 1.77. The molecule has 0 fully saturated rings. The zero-order chi connectivity index (χ0) is 20.9. The van der Waals surface area contributed by atoms with Gasteiger partial charge < -0.3 is 9.57 Å². The molecular formula is C21H18F2N4O2S. The maximum absolute atomic E-state index is 13.5. The number of para-hydroxylation sites is 3. The van der Waals surface area contributed by atoms with Crippen molar-refractivity contribution in [2.75, 3.05) is 0 Å². The molecule has 0 aliphatic carbocycles. The Kier molecular flexibility index (Phi) is 5.99. The van der Waals surface area contributed by atoms with Crippen LogP contribution in [0.5, 0.6) is 5.75 Å². The summed E-state index contributed by atoms with van der Waals surface area (Å²) in [5.74, 6) is 0.842. The van der Waals surface area contributed by atoms with Gasteiger partial charge >= 0.3 is 6.55 Å². The molecule has 0 bridgehead atoms. The third-order valence-electron chi connectivity index (χ3n) is 4.23. The average molecular weight is 428 g/mol. The second-order valence-corrected chi connectivity index (χ2v) is 7.30. The SMILES string of the molecule is C/C(=N/OCc1csc(COc2ccccc2)n1)c1nc2ccccc2n1C(F)F. The molecule has 2 aromatic heterocycles. The molecule has 0 aliphatic heterocycles. The Bertz CT molecular complexity index is 1160. The van der Waals surface area contributed by atoms with Gasteiger partial charge in [-0.15, -0.1) is 11.3 Å². The number of ether oxygens (including phenoxy) is 1. The van der Waals surface area contributed by atoms with Crippen LogP contribution in [0.2, 0.25) is 0 Å². The molecule has 0 N–H and O–H groups in total. The number of benzene rings is 2. The van der Waals surface area contributed by atoms with E-state index in [2.05, 4.69) is 15.1 Å². The summed E-state index contributed by atoms with van der Waals surface area (Å²) in [6.07, 6.45) is 0. The molecule has 0 saturated carbocycles. The number of aromatic nitrogens is 3. The minimum atomic E-state index is -2.73. The number of nitrogens with zero attached hydrogens (tertiary/aromatic N) is 4. The molecule has 154 valence electrons. The van der Waals surface area contributed by atoms with Crippen molar-refractivity contribution < 1.29 is 18.4 Å². The predicted octanol–water partition coefficient (Wildman–Crippen LogP) is 5.41. The number of thiazole rings is 1. The van der Waals surface area contributed by atoms with Crippen LogP contribution >= 0.6 is 11.3 Å². The first-order valence-electron chi connectivity index (χ1n) is 9.15. The minimum Gasteiger partial charge on any atom is -0.486 e. The first-order valence-corrected chi connectivity index (χ1v) is 10.0. The molecule has 0 saturated heterocycles. The second kappa shape index (κ2) is 9.00. The fourth-order valence-corrected chi connectivity index (χ4v) is 3.57. The van der Waals surface area contributed by atoms with Gasteiger partial charge in [-0.25, -0.2) is 9.97 Å². The van der Waals surface area contributed by atoms with Gasteiger partial charge in [0, 0.05) is 5.38 Å². The van der Waals surface area contributed by atoms with Crippen LogP contribution in [0.4, 0.5) is 8.78 Å². The molecule has 4 aromatic rings. The first-order chi connectivity index (χ1) is 14.6. The van der Waals surface area contributed by atoms with Crippen LogP contribution in [-0.2, 0) is 18.1 Å². The monoisotopic (exact) mass is 428 g/mol. The Hall–Kier alpha value is -3.33. The summed E-state index contributed by atoms with van der Waals surface area (Å²) in [5, 5.41) is 6.62. The maximum Gasteiger partial charge on any atom is 0.320 e. The smallest absolute Gasteiger partial charge is 0.320 e. The van der Waals surface area contributed by atoms with Gasteiger partial charge in [-0.3, -0.25) is 4.57 Å². The molecular weight excluding hydrogens is 410 g/mol. The summed E-state index contributed by atoms with van der Waals surface area (Å²) in [7, 11) is 0. The predicted molar refractivity (Wildman–Crippen MR) is 111 cm³/mol. The number of hydrogen-bond donors (Lipinski definition) is 0. The van der Waals surface area contributed by atoms with Crippen LogP contribution in [0.3, 0.4) is 0 Å². The van der Waals surface area contributed by atoms with E-state index in [4.69, 9.17) is 9.57 Å². The standard InChI is InChI=1S/C21H18F2N4O2S/c1-14(20-25-17-9-5-6-10-18(17)27(20)21(22)23)26-29-11-15-13-30-19(24-15)12-28-16-7-3-2-4-8-16/h2-10,13,21H,11-12H2,1H3/b26-14-. The van der Waals surface area contributed by atoms with E-state index in [1.807, 2.05) is 35.7 Å². The highest BCUT2D eigenvalue weighted by Crippen LogP contribution is 2.23. The fourth-order valence-electron chi connectivity index (χ4n) is 2.88. The topological polar surface area (TPSA) is 61.5 Å². The number of imidazole rings is 1. The van der Waals surface area contributed by atoms with Gasteiger partial charge in [-0.1, -0.05) is 35.5 Å². The molecule has 30 heavy (non-hydrogen) atoms. The molecule has 0 radical (unpaired) electrons. The molecule has 0 unspecified atom stereocenters. The van der Waals surface area contributed by atoms with Crippen LogP contribution in [0.15, 0.2) is 65.1 Å². The van der Waals surface area contributed by atoms with Gasteiger partial charge in [0.15, 0.2) is 12.4 Å². The van der Waals surface area contributed by atoms with Crippen molar-refractivity contribution >= 4 is 28.1 Å². The van der Waals surface area contributed by atoms with Crippen molar-refractivity contribution in [3.63, 3.8) is 0 Å². The number of rotatable bonds is 8. The van der Waals surface area contributed by atoms with Gasteiger partial charge in [0.1, 0.15) is 23.1 Å². The van der Waals surface area contributed by atoms with Crippen LogP contribution < -0.4 is 4.74 Å². The second-order valence-electron chi connectivity index (χ2n) is 6.36. The number of oxime groups is 1. The van der Waals surface area contributed by atoms with Gasteiger partial charge in [0.05, 0.1) is 16.7 Å². The zero-order valence-electron chi connectivity index (χ0n) is 16.0. The lowest BCUT2D eigenvalue weighted by Gasteiger charge is -2.07. The van der Waals surface area contributed by atoms with Crippen LogP contribution in [0.1, 0.15) is 30.0 Å². The lowest BCUT2D eigenvalue weighted by atomic mass is 10.3. The number of halogens is 2. The van der Waals surface area contributed by atoms with E-state index in [-0.39, 0.29) is 18.1 Å². The summed E-state index contributed by atoms with van der Waals surface area (Å²) in [6.45, 7) is -0.674. The summed E-state index contributed by atoms with van der Waals surface area (Å²) < 4.78 is 33.6. The lowest BCUT2D eigenvalue weighted by Crippen LogP contribution is -2.10.